The molecule has 0 saturated carbocycles. The average molecular weight is 396 g/mol. The molecule has 1 N–H and O–H groups in total. The third-order valence-electron chi connectivity index (χ3n) is 4.30. The first-order valence-corrected chi connectivity index (χ1v) is 9.20. The average Bonchev–Trinajstić information content (AvgIpc) is 3.12. The van der Waals surface area contributed by atoms with E-state index in [1.165, 1.54) is 4.68 Å². The number of aromatic nitrogens is 4. The minimum Gasteiger partial charge on any atom is -0.351 e. The standard InChI is InChI=1S/C16H22BrN5O2/c1-2-20-11-12(17)10-13(20)15(23)18-7-5-9-22-16(24)21-8-4-3-6-14(21)19-22/h10-11H,2-9H2,1H3,(H,18,23). The monoisotopic (exact) mass is 395 g/mol. The maximum atomic E-state index is 12.2. The van der Waals surface area contributed by atoms with Crippen LogP contribution in [0.25, 0.3) is 0 Å². The molecule has 8 heteroatoms. The largest absolute Gasteiger partial charge is 0.351 e. The minimum absolute atomic E-state index is 0.0279. The number of aryl methyl sites for hydroxylation is 3. The van der Waals surface area contributed by atoms with Crippen LogP contribution in [0.1, 0.15) is 42.5 Å². The van der Waals surface area contributed by atoms with E-state index in [1.807, 2.05) is 23.8 Å². The lowest BCUT2D eigenvalue weighted by Gasteiger charge is -2.09. The van der Waals surface area contributed by atoms with Crippen molar-refractivity contribution in [1.82, 2.24) is 24.2 Å². The predicted octanol–water partition coefficient (Wildman–Crippen LogP) is 1.79. The molecule has 0 aliphatic carbocycles. The molecule has 0 fully saturated rings. The number of carbonyl (C=O) groups excluding carboxylic acids is 1. The molecular formula is C16H22BrN5O2. The van der Waals surface area contributed by atoms with Gasteiger partial charge in [-0.3, -0.25) is 9.36 Å². The van der Waals surface area contributed by atoms with Crippen LogP contribution in [0.2, 0.25) is 0 Å². The number of fused-ring (bicyclic) bond motifs is 1. The molecule has 0 atom stereocenters. The number of nitrogens with one attached hydrogen (secondary N) is 1. The van der Waals surface area contributed by atoms with Crippen LogP contribution >= 0.6 is 15.9 Å². The van der Waals surface area contributed by atoms with Crippen molar-refractivity contribution in [1.29, 1.82) is 0 Å². The summed E-state index contributed by atoms with van der Waals surface area (Å²) in [6.07, 6.45) is 5.59. The number of halogens is 1. The van der Waals surface area contributed by atoms with Gasteiger partial charge >= 0.3 is 5.69 Å². The molecule has 0 bridgehead atoms. The van der Waals surface area contributed by atoms with Crippen LogP contribution in [0, 0.1) is 0 Å². The Labute approximate surface area is 148 Å². The van der Waals surface area contributed by atoms with Crippen LogP contribution in [0.5, 0.6) is 0 Å². The first-order valence-electron chi connectivity index (χ1n) is 8.40. The highest BCUT2D eigenvalue weighted by atomic mass is 79.9. The summed E-state index contributed by atoms with van der Waals surface area (Å²) in [5.41, 5.74) is 0.610. The molecule has 0 saturated heterocycles. The van der Waals surface area contributed by atoms with Crippen molar-refractivity contribution >= 4 is 21.8 Å². The highest BCUT2D eigenvalue weighted by Crippen LogP contribution is 2.15. The quantitative estimate of drug-likeness (QED) is 0.757. The topological polar surface area (TPSA) is 73.8 Å². The van der Waals surface area contributed by atoms with Crippen molar-refractivity contribution in [3.05, 3.63) is 38.7 Å². The smallest absolute Gasteiger partial charge is 0.345 e. The molecule has 0 spiro atoms. The van der Waals surface area contributed by atoms with Gasteiger partial charge in [0.2, 0.25) is 0 Å². The highest BCUT2D eigenvalue weighted by molar-refractivity contribution is 9.10. The number of carbonyl (C=O) groups is 1. The fourth-order valence-electron chi connectivity index (χ4n) is 3.04. The molecule has 3 rings (SSSR count). The molecule has 1 aliphatic rings. The van der Waals surface area contributed by atoms with E-state index in [1.54, 1.807) is 4.57 Å². The Hall–Kier alpha value is -1.83. The number of hydrogen-bond donors (Lipinski definition) is 1. The van der Waals surface area contributed by atoms with E-state index in [-0.39, 0.29) is 11.6 Å². The van der Waals surface area contributed by atoms with Gasteiger partial charge in [0.25, 0.3) is 5.91 Å². The van der Waals surface area contributed by atoms with E-state index in [9.17, 15) is 9.59 Å². The van der Waals surface area contributed by atoms with Crippen LogP contribution in [-0.4, -0.2) is 31.4 Å². The summed E-state index contributed by atoms with van der Waals surface area (Å²) in [7, 11) is 0. The van der Waals surface area contributed by atoms with E-state index in [0.29, 0.717) is 25.2 Å². The normalized spacial score (nSPS) is 13.8. The maximum Gasteiger partial charge on any atom is 0.345 e. The molecule has 2 aromatic heterocycles. The molecule has 130 valence electrons. The van der Waals surface area contributed by atoms with Crippen LogP contribution in [0.15, 0.2) is 21.5 Å². The molecule has 0 radical (unpaired) electrons. The maximum absolute atomic E-state index is 12.2. The molecule has 1 aliphatic heterocycles. The Kier molecular flexibility index (Phi) is 5.23. The van der Waals surface area contributed by atoms with Crippen molar-refractivity contribution in [3.63, 3.8) is 0 Å². The summed E-state index contributed by atoms with van der Waals surface area (Å²) >= 11 is 3.39. The second-order valence-electron chi connectivity index (χ2n) is 5.97. The molecular weight excluding hydrogens is 374 g/mol. The van der Waals surface area contributed by atoms with Gasteiger partial charge in [0.15, 0.2) is 0 Å². The van der Waals surface area contributed by atoms with Crippen molar-refractivity contribution in [2.24, 2.45) is 0 Å². The Balaban J connectivity index is 1.53. The lowest BCUT2D eigenvalue weighted by molar-refractivity contribution is 0.0943. The van der Waals surface area contributed by atoms with E-state index in [4.69, 9.17) is 0 Å². The van der Waals surface area contributed by atoms with Crippen molar-refractivity contribution < 1.29 is 4.79 Å². The first kappa shape index (κ1) is 17.0. The molecule has 7 nitrogen and oxygen atoms in total. The van der Waals surface area contributed by atoms with Gasteiger partial charge in [-0.25, -0.2) is 9.48 Å². The van der Waals surface area contributed by atoms with Crippen molar-refractivity contribution in [3.8, 4) is 0 Å². The van der Waals surface area contributed by atoms with Gasteiger partial charge in [0.05, 0.1) is 0 Å². The van der Waals surface area contributed by atoms with Crippen LogP contribution in [-0.2, 0) is 26.1 Å². The van der Waals surface area contributed by atoms with Gasteiger partial charge in [-0.1, -0.05) is 0 Å². The fraction of sp³-hybridized carbons (Fsp3) is 0.562. The summed E-state index contributed by atoms with van der Waals surface area (Å²) < 4.78 is 6.09. The van der Waals surface area contributed by atoms with Crippen molar-refractivity contribution in [2.75, 3.05) is 6.54 Å². The van der Waals surface area contributed by atoms with Gasteiger partial charge in [0.1, 0.15) is 11.5 Å². The van der Waals surface area contributed by atoms with Gasteiger partial charge in [-0.05, 0) is 48.2 Å². The number of hydrogen-bond acceptors (Lipinski definition) is 3. The number of amides is 1. The third kappa shape index (κ3) is 3.48. The zero-order valence-corrected chi connectivity index (χ0v) is 15.4. The SMILES string of the molecule is CCn1cc(Br)cc1C(=O)NCCCn1nc2n(c1=O)CCCC2. The first-order chi connectivity index (χ1) is 11.6. The Morgan fingerprint density at radius 2 is 2.25 bits per heavy atom. The second-order valence-corrected chi connectivity index (χ2v) is 6.89. The van der Waals surface area contributed by atoms with Crippen LogP contribution < -0.4 is 11.0 Å². The fourth-order valence-corrected chi connectivity index (χ4v) is 3.51. The summed E-state index contributed by atoms with van der Waals surface area (Å²) in [4.78, 5) is 24.5. The van der Waals surface area contributed by atoms with E-state index >= 15 is 0 Å². The molecule has 1 amide bonds. The van der Waals surface area contributed by atoms with Gasteiger partial charge in [0, 0.05) is 43.3 Å². The molecule has 24 heavy (non-hydrogen) atoms. The summed E-state index contributed by atoms with van der Waals surface area (Å²) in [6.45, 7) is 4.55. The Bertz CT molecular complexity index is 789. The summed E-state index contributed by atoms with van der Waals surface area (Å²) in [5.74, 6) is 0.792. The number of rotatable bonds is 6. The summed E-state index contributed by atoms with van der Waals surface area (Å²) in [5, 5.41) is 7.31. The molecule has 2 aromatic rings. The lowest BCUT2D eigenvalue weighted by Crippen LogP contribution is -2.30. The van der Waals surface area contributed by atoms with Gasteiger partial charge in [-0.15, -0.1) is 0 Å². The van der Waals surface area contributed by atoms with E-state index in [0.717, 1.165) is 42.6 Å². The Morgan fingerprint density at radius 3 is 3.00 bits per heavy atom. The molecule has 0 aromatic carbocycles. The minimum atomic E-state index is -0.0981. The van der Waals surface area contributed by atoms with E-state index < -0.39 is 0 Å². The third-order valence-corrected chi connectivity index (χ3v) is 4.73. The van der Waals surface area contributed by atoms with Gasteiger partial charge < -0.3 is 9.88 Å². The zero-order chi connectivity index (χ0) is 17.1. The highest BCUT2D eigenvalue weighted by Gasteiger charge is 2.16. The van der Waals surface area contributed by atoms with E-state index in [2.05, 4.69) is 26.3 Å². The molecule has 0 unspecified atom stereocenters. The summed E-state index contributed by atoms with van der Waals surface area (Å²) in [6, 6.07) is 1.81. The van der Waals surface area contributed by atoms with Crippen molar-refractivity contribution in [2.45, 2.75) is 52.2 Å². The Morgan fingerprint density at radius 1 is 1.42 bits per heavy atom. The predicted molar refractivity (Wildman–Crippen MR) is 94.2 cm³/mol. The number of nitrogens with zero attached hydrogens (tertiary/aromatic N) is 4. The lowest BCUT2D eigenvalue weighted by atomic mass is 10.2. The van der Waals surface area contributed by atoms with Gasteiger partial charge in [-0.2, -0.15) is 5.10 Å². The zero-order valence-electron chi connectivity index (χ0n) is 13.8. The second kappa shape index (κ2) is 7.38. The van der Waals surface area contributed by atoms with Crippen LogP contribution in [0.4, 0.5) is 0 Å². The molecule has 3 heterocycles. The van der Waals surface area contributed by atoms with Crippen LogP contribution in [0.3, 0.4) is 0 Å².